The Morgan fingerprint density at radius 1 is 1.21 bits per heavy atom. The third-order valence-corrected chi connectivity index (χ3v) is 3.81. The average molecular weight is 330 g/mol. The summed E-state index contributed by atoms with van der Waals surface area (Å²) in [6, 6.07) is 14.4. The number of para-hydroxylation sites is 1. The largest absolute Gasteiger partial charge is 0.494 e. The minimum Gasteiger partial charge on any atom is -0.494 e. The first-order chi connectivity index (χ1) is 11.7. The Morgan fingerprint density at radius 3 is 2.58 bits per heavy atom. The minimum absolute atomic E-state index is 0.132. The van der Waals surface area contributed by atoms with Gasteiger partial charge >= 0.3 is 0 Å². The first-order valence-electron chi connectivity index (χ1n) is 8.07. The van der Waals surface area contributed by atoms with Crippen molar-refractivity contribution < 1.29 is 13.9 Å². The fourth-order valence-corrected chi connectivity index (χ4v) is 2.49. The number of halogens is 1. The maximum Gasteiger partial charge on any atom is 0.251 e. The molecule has 0 spiro atoms. The van der Waals surface area contributed by atoms with Crippen molar-refractivity contribution in [2.75, 3.05) is 31.6 Å². The molecule has 2 aromatic rings. The zero-order chi connectivity index (χ0) is 17.4. The average Bonchev–Trinajstić information content (AvgIpc) is 2.62. The topological polar surface area (TPSA) is 41.6 Å². The summed E-state index contributed by atoms with van der Waals surface area (Å²) in [7, 11) is 1.39. The zero-order valence-corrected chi connectivity index (χ0v) is 14.1. The number of anilines is 1. The van der Waals surface area contributed by atoms with E-state index in [0.717, 1.165) is 19.5 Å². The summed E-state index contributed by atoms with van der Waals surface area (Å²) in [5.41, 5.74) is 1.47. The molecular weight excluding hydrogens is 307 g/mol. The number of nitrogens with one attached hydrogen (secondary N) is 1. The van der Waals surface area contributed by atoms with Gasteiger partial charge in [-0.1, -0.05) is 18.2 Å². The van der Waals surface area contributed by atoms with E-state index >= 15 is 0 Å². The lowest BCUT2D eigenvalue weighted by atomic mass is 10.2. The Hall–Kier alpha value is -2.56. The predicted molar refractivity (Wildman–Crippen MR) is 94.2 cm³/mol. The van der Waals surface area contributed by atoms with Gasteiger partial charge in [0.05, 0.1) is 7.11 Å². The SMILES string of the molecule is CCN(CCCNC(=O)c1ccc(OC)c(F)c1)c1ccccc1. The Kier molecular flexibility index (Phi) is 6.61. The molecule has 0 fully saturated rings. The van der Waals surface area contributed by atoms with Crippen molar-refractivity contribution in [3.63, 3.8) is 0 Å². The smallest absolute Gasteiger partial charge is 0.251 e. The lowest BCUT2D eigenvalue weighted by Gasteiger charge is -2.23. The first-order valence-corrected chi connectivity index (χ1v) is 8.07. The van der Waals surface area contributed by atoms with Crippen LogP contribution in [0.15, 0.2) is 48.5 Å². The lowest BCUT2D eigenvalue weighted by molar-refractivity contribution is 0.0953. The number of hydrogen-bond acceptors (Lipinski definition) is 3. The van der Waals surface area contributed by atoms with E-state index in [2.05, 4.69) is 29.3 Å². The fourth-order valence-electron chi connectivity index (χ4n) is 2.49. The van der Waals surface area contributed by atoms with E-state index in [1.807, 2.05) is 18.2 Å². The summed E-state index contributed by atoms with van der Waals surface area (Å²) >= 11 is 0. The van der Waals surface area contributed by atoms with Crippen molar-refractivity contribution >= 4 is 11.6 Å². The van der Waals surface area contributed by atoms with Crippen LogP contribution >= 0.6 is 0 Å². The second-order valence-electron chi connectivity index (χ2n) is 5.37. The van der Waals surface area contributed by atoms with Gasteiger partial charge in [0.15, 0.2) is 11.6 Å². The monoisotopic (exact) mass is 330 g/mol. The van der Waals surface area contributed by atoms with Crippen molar-refractivity contribution in [1.82, 2.24) is 5.32 Å². The van der Waals surface area contributed by atoms with E-state index in [1.165, 1.54) is 24.9 Å². The number of carbonyl (C=O) groups is 1. The van der Waals surface area contributed by atoms with Crippen LogP contribution < -0.4 is 15.0 Å². The summed E-state index contributed by atoms with van der Waals surface area (Å²) in [4.78, 5) is 14.3. The normalized spacial score (nSPS) is 10.3. The second kappa shape index (κ2) is 8.91. The Labute approximate surface area is 142 Å². The lowest BCUT2D eigenvalue weighted by Crippen LogP contribution is -2.30. The van der Waals surface area contributed by atoms with Crippen LogP contribution in [-0.4, -0.2) is 32.7 Å². The Morgan fingerprint density at radius 2 is 1.96 bits per heavy atom. The highest BCUT2D eigenvalue weighted by Gasteiger charge is 2.10. The van der Waals surface area contributed by atoms with Gasteiger partial charge in [-0.15, -0.1) is 0 Å². The molecule has 0 aliphatic rings. The predicted octanol–water partition coefficient (Wildman–Crippen LogP) is 3.48. The summed E-state index contributed by atoms with van der Waals surface area (Å²) in [6.45, 7) is 4.39. The maximum atomic E-state index is 13.6. The molecule has 0 saturated carbocycles. The molecule has 0 aliphatic heterocycles. The van der Waals surface area contributed by atoms with E-state index in [9.17, 15) is 9.18 Å². The fraction of sp³-hybridized carbons (Fsp3) is 0.316. The van der Waals surface area contributed by atoms with Crippen LogP contribution in [0.25, 0.3) is 0 Å². The molecule has 128 valence electrons. The van der Waals surface area contributed by atoms with Crippen LogP contribution in [0.3, 0.4) is 0 Å². The molecule has 0 aliphatic carbocycles. The summed E-state index contributed by atoms with van der Waals surface area (Å²) < 4.78 is 18.5. The molecule has 0 unspecified atom stereocenters. The van der Waals surface area contributed by atoms with Gasteiger partial charge < -0.3 is 15.0 Å². The quantitative estimate of drug-likeness (QED) is 0.754. The number of carbonyl (C=O) groups excluding carboxylic acids is 1. The molecule has 0 saturated heterocycles. The van der Waals surface area contributed by atoms with E-state index < -0.39 is 5.82 Å². The number of ether oxygens (including phenoxy) is 1. The Bertz CT molecular complexity index is 662. The highest BCUT2D eigenvalue weighted by Crippen LogP contribution is 2.17. The van der Waals surface area contributed by atoms with Crippen LogP contribution in [0.4, 0.5) is 10.1 Å². The second-order valence-corrected chi connectivity index (χ2v) is 5.37. The van der Waals surface area contributed by atoms with Crippen LogP contribution in [0.2, 0.25) is 0 Å². The molecule has 1 amide bonds. The van der Waals surface area contributed by atoms with Gasteiger partial charge in [0.25, 0.3) is 5.91 Å². The van der Waals surface area contributed by atoms with Crippen LogP contribution in [-0.2, 0) is 0 Å². The molecule has 0 atom stereocenters. The summed E-state index contributed by atoms with van der Waals surface area (Å²) in [5, 5.41) is 2.82. The number of benzene rings is 2. The molecule has 2 aromatic carbocycles. The molecule has 1 N–H and O–H groups in total. The maximum absolute atomic E-state index is 13.6. The van der Waals surface area contributed by atoms with Crippen molar-refractivity contribution in [3.05, 3.63) is 59.9 Å². The Balaban J connectivity index is 1.81. The molecule has 0 bridgehead atoms. The number of amides is 1. The first kappa shape index (κ1) is 17.8. The van der Waals surface area contributed by atoms with E-state index in [1.54, 1.807) is 6.07 Å². The summed E-state index contributed by atoms with van der Waals surface area (Å²) in [5.74, 6) is -0.682. The molecule has 0 aromatic heterocycles. The van der Waals surface area contributed by atoms with Crippen molar-refractivity contribution in [2.45, 2.75) is 13.3 Å². The highest BCUT2D eigenvalue weighted by molar-refractivity contribution is 5.94. The molecule has 0 heterocycles. The van der Waals surface area contributed by atoms with Crippen molar-refractivity contribution in [1.29, 1.82) is 0 Å². The van der Waals surface area contributed by atoms with Crippen molar-refractivity contribution in [2.24, 2.45) is 0 Å². The zero-order valence-electron chi connectivity index (χ0n) is 14.1. The van der Waals surface area contributed by atoms with Crippen LogP contribution in [0, 0.1) is 5.82 Å². The highest BCUT2D eigenvalue weighted by atomic mass is 19.1. The standard InChI is InChI=1S/C19H23FN2O2/c1-3-22(16-8-5-4-6-9-16)13-7-12-21-19(23)15-10-11-18(24-2)17(20)14-15/h4-6,8-11,14H,3,7,12-13H2,1-2H3,(H,21,23). The van der Waals surface area contributed by atoms with Gasteiger partial charge in [0, 0.05) is 30.9 Å². The van der Waals surface area contributed by atoms with E-state index in [-0.39, 0.29) is 11.7 Å². The van der Waals surface area contributed by atoms with Crippen LogP contribution in [0.1, 0.15) is 23.7 Å². The van der Waals surface area contributed by atoms with E-state index in [0.29, 0.717) is 12.1 Å². The summed E-state index contributed by atoms with van der Waals surface area (Å²) in [6.07, 6.45) is 0.813. The molecule has 0 radical (unpaired) electrons. The van der Waals surface area contributed by atoms with Crippen molar-refractivity contribution in [3.8, 4) is 5.75 Å². The number of rotatable bonds is 8. The van der Waals surface area contributed by atoms with Crippen LogP contribution in [0.5, 0.6) is 5.75 Å². The minimum atomic E-state index is -0.536. The molecule has 2 rings (SSSR count). The number of nitrogens with zero attached hydrogens (tertiary/aromatic N) is 1. The van der Waals surface area contributed by atoms with Gasteiger partial charge in [0.2, 0.25) is 0 Å². The van der Waals surface area contributed by atoms with E-state index in [4.69, 9.17) is 4.74 Å². The molecule has 4 nitrogen and oxygen atoms in total. The van der Waals surface area contributed by atoms with Gasteiger partial charge in [-0.25, -0.2) is 4.39 Å². The molecule has 5 heteroatoms. The van der Waals surface area contributed by atoms with Gasteiger partial charge in [-0.2, -0.15) is 0 Å². The van der Waals surface area contributed by atoms with Gasteiger partial charge in [-0.3, -0.25) is 4.79 Å². The number of methoxy groups -OCH3 is 1. The van der Waals surface area contributed by atoms with Gasteiger partial charge in [-0.05, 0) is 43.7 Å². The molecule has 24 heavy (non-hydrogen) atoms. The third kappa shape index (κ3) is 4.72. The molecular formula is C19H23FN2O2. The third-order valence-electron chi connectivity index (χ3n) is 3.81. The number of hydrogen-bond donors (Lipinski definition) is 1. The van der Waals surface area contributed by atoms with Gasteiger partial charge in [0.1, 0.15) is 0 Å².